The summed E-state index contributed by atoms with van der Waals surface area (Å²) in [5.74, 6) is 11.2. The lowest BCUT2D eigenvalue weighted by molar-refractivity contribution is -0.137. The van der Waals surface area contributed by atoms with Gasteiger partial charge in [0, 0.05) is 38.5 Å². The lowest BCUT2D eigenvalue weighted by Crippen LogP contribution is -2.39. The lowest BCUT2D eigenvalue weighted by Gasteiger charge is -2.38. The molecule has 5 fully saturated rings. The van der Waals surface area contributed by atoms with E-state index in [1.54, 1.807) is 4.90 Å². The molecule has 12 nitrogen and oxygen atoms in total. The van der Waals surface area contributed by atoms with Crippen LogP contribution in [0, 0.1) is 71.0 Å². The topological polar surface area (TPSA) is 179 Å². The molecule has 5 aliphatic carbocycles. The van der Waals surface area contributed by atoms with Crippen molar-refractivity contribution >= 4 is 5.91 Å². The molecule has 2 aromatic heterocycles. The summed E-state index contributed by atoms with van der Waals surface area (Å²) in [4.78, 5) is 23.9. The zero-order valence-electron chi connectivity index (χ0n) is 41.2. The number of aromatic nitrogens is 4. The standard InChI is InChI=1S/C11H18N2O2.C11H18N2O.C10H19NO.C10H20O2.C8H16O/c1-7(2)8-3-5-9(6-4-8)10-12-13-11(14)15-10;1-8(2)9-3-5-10(6-4-9)11-13-12-7-14-11;1-7(2)8-5-9(6-8)10(12)11(3)4;1-8(2)9-3-5-10(12,7-11)6-4-9;1-6(2)8-3-7(4-8)5-9/h7-9H,3-6H2,1-2H3,(H,13,14);7-10H,3-6H2,1-2H3;7-9H,5-6H2,1-4H3;8-9,11-12H,3-7H2,1-2H3;6-9H,3-5H2,1-2H3. The van der Waals surface area contributed by atoms with Crippen molar-refractivity contribution in [2.45, 2.75) is 189 Å². The zero-order chi connectivity index (χ0) is 46.1. The molecule has 1 amide bonds. The Hall–Kier alpha value is -2.57. The summed E-state index contributed by atoms with van der Waals surface area (Å²) in [5.41, 5.74) is -0.759. The highest BCUT2D eigenvalue weighted by molar-refractivity contribution is 5.79. The van der Waals surface area contributed by atoms with Gasteiger partial charge in [0.2, 0.25) is 24.1 Å². The van der Waals surface area contributed by atoms with Crippen molar-refractivity contribution in [1.82, 2.24) is 25.3 Å². The van der Waals surface area contributed by atoms with Crippen LogP contribution in [0.1, 0.15) is 196 Å². The van der Waals surface area contributed by atoms with Crippen LogP contribution in [-0.4, -0.2) is 79.4 Å². The number of aromatic amines is 1. The number of nitrogens with one attached hydrogen (secondary N) is 1. The summed E-state index contributed by atoms with van der Waals surface area (Å²) in [7, 11) is 3.68. The maximum Gasteiger partial charge on any atom is 0.434 e. The number of rotatable bonds is 10. The summed E-state index contributed by atoms with van der Waals surface area (Å²) in [6.45, 7) is 23.0. The SMILES string of the molecule is CC(C)C1CC(C(=O)N(C)C)C1.CC(C)C1CC(CO)C1.CC(C)C1CCC(O)(CO)CC1.CC(C)C1CCC(c2n[nH]c(=O)o2)CC1.CC(C)C1CCC(c2nnco2)CC1. The zero-order valence-corrected chi connectivity index (χ0v) is 41.2. The molecule has 62 heavy (non-hydrogen) atoms. The van der Waals surface area contributed by atoms with E-state index < -0.39 is 11.4 Å². The number of nitrogens with zero attached hydrogens (tertiary/aromatic N) is 4. The summed E-state index contributed by atoms with van der Waals surface area (Å²) in [5, 5.41) is 41.3. The van der Waals surface area contributed by atoms with Gasteiger partial charge in [-0.15, -0.1) is 15.3 Å². The molecule has 0 unspecified atom stereocenters. The Kier molecular flexibility index (Phi) is 22.9. The van der Waals surface area contributed by atoms with Crippen LogP contribution in [0.4, 0.5) is 0 Å². The van der Waals surface area contributed by atoms with Gasteiger partial charge in [-0.25, -0.2) is 9.89 Å². The molecule has 0 bridgehead atoms. The van der Waals surface area contributed by atoms with E-state index in [-0.39, 0.29) is 6.61 Å². The van der Waals surface area contributed by atoms with Crippen LogP contribution in [0.2, 0.25) is 0 Å². The van der Waals surface area contributed by atoms with Crippen LogP contribution in [-0.2, 0) is 4.79 Å². The minimum Gasteiger partial charge on any atom is -0.428 e. The molecule has 4 N–H and O–H groups in total. The fourth-order valence-electron chi connectivity index (χ4n) is 10.1. The molecule has 0 saturated heterocycles. The van der Waals surface area contributed by atoms with Gasteiger partial charge in [0.1, 0.15) is 0 Å². The summed E-state index contributed by atoms with van der Waals surface area (Å²) in [6.07, 6.45) is 19.5. The van der Waals surface area contributed by atoms with E-state index in [0.717, 1.165) is 111 Å². The van der Waals surface area contributed by atoms with Gasteiger partial charge in [-0.1, -0.05) is 69.2 Å². The largest absolute Gasteiger partial charge is 0.434 e. The predicted octanol–water partition coefficient (Wildman–Crippen LogP) is 10.3. The number of H-pyrrole nitrogens is 1. The summed E-state index contributed by atoms with van der Waals surface area (Å²) in [6, 6.07) is 0. The van der Waals surface area contributed by atoms with Gasteiger partial charge in [-0.05, 0) is 168 Å². The molecule has 2 heterocycles. The number of hydrogen-bond acceptors (Lipinski definition) is 10. The molecule has 5 saturated carbocycles. The first kappa shape index (κ1) is 53.8. The number of aliphatic hydroxyl groups is 3. The quantitative estimate of drug-likeness (QED) is 0.180. The van der Waals surface area contributed by atoms with Gasteiger partial charge in [-0.2, -0.15) is 0 Å². The van der Waals surface area contributed by atoms with Crippen molar-refractivity contribution in [3.05, 3.63) is 28.7 Å². The van der Waals surface area contributed by atoms with Crippen LogP contribution in [0.25, 0.3) is 0 Å². The van der Waals surface area contributed by atoms with Crippen LogP contribution in [0.3, 0.4) is 0 Å². The minimum absolute atomic E-state index is 0.0716. The minimum atomic E-state index is -0.759. The average Bonchev–Trinajstić information content (AvgIpc) is 3.91. The normalized spacial score (nSPS) is 30.7. The van der Waals surface area contributed by atoms with Gasteiger partial charge in [0.25, 0.3) is 0 Å². The molecular weight excluding hydrogens is 783 g/mol. The Morgan fingerprint density at radius 3 is 1.48 bits per heavy atom. The number of carbonyl (C=O) groups excluding carboxylic acids is 1. The maximum absolute atomic E-state index is 11.4. The number of aliphatic hydroxyl groups excluding tert-OH is 2. The van der Waals surface area contributed by atoms with Gasteiger partial charge < -0.3 is 29.1 Å². The van der Waals surface area contributed by atoms with Crippen LogP contribution < -0.4 is 5.76 Å². The van der Waals surface area contributed by atoms with E-state index in [9.17, 15) is 14.7 Å². The van der Waals surface area contributed by atoms with Crippen molar-refractivity contribution in [3.8, 4) is 0 Å². The summed E-state index contributed by atoms with van der Waals surface area (Å²) < 4.78 is 10.2. The van der Waals surface area contributed by atoms with Gasteiger partial charge >= 0.3 is 5.76 Å². The number of hydrogen-bond donors (Lipinski definition) is 4. The van der Waals surface area contributed by atoms with Crippen LogP contribution in [0.15, 0.2) is 20.0 Å². The predicted molar refractivity (Wildman–Crippen MR) is 247 cm³/mol. The summed E-state index contributed by atoms with van der Waals surface area (Å²) >= 11 is 0. The van der Waals surface area contributed by atoms with Crippen molar-refractivity contribution in [3.63, 3.8) is 0 Å². The van der Waals surface area contributed by atoms with Crippen molar-refractivity contribution in [2.24, 2.45) is 71.0 Å². The average molecular weight is 874 g/mol. The molecule has 12 heteroatoms. The smallest absolute Gasteiger partial charge is 0.428 e. The van der Waals surface area contributed by atoms with E-state index in [0.29, 0.717) is 48.0 Å². The Morgan fingerprint density at radius 2 is 1.13 bits per heavy atom. The molecule has 7 rings (SSSR count). The third-order valence-electron chi connectivity index (χ3n) is 15.5. The maximum atomic E-state index is 11.4. The highest BCUT2D eigenvalue weighted by atomic mass is 16.4. The van der Waals surface area contributed by atoms with Crippen LogP contribution >= 0.6 is 0 Å². The third-order valence-corrected chi connectivity index (χ3v) is 15.5. The Morgan fingerprint density at radius 1 is 0.694 bits per heavy atom. The highest BCUT2D eigenvalue weighted by Crippen LogP contribution is 2.41. The molecule has 0 aromatic carbocycles. The van der Waals surface area contributed by atoms with Gasteiger partial charge in [0.15, 0.2) is 0 Å². The lowest BCUT2D eigenvalue weighted by atomic mass is 9.69. The first-order valence-electron chi connectivity index (χ1n) is 24.7. The molecule has 0 spiro atoms. The van der Waals surface area contributed by atoms with Gasteiger partial charge in [-0.3, -0.25) is 4.79 Å². The third kappa shape index (κ3) is 17.4. The van der Waals surface area contributed by atoms with Crippen molar-refractivity contribution in [1.29, 1.82) is 0 Å². The molecule has 5 aliphatic rings. The van der Waals surface area contributed by atoms with Crippen LogP contribution in [0.5, 0.6) is 0 Å². The molecule has 2 aromatic rings. The second kappa shape index (κ2) is 26.4. The van der Waals surface area contributed by atoms with E-state index in [4.69, 9.17) is 19.0 Å². The monoisotopic (exact) mass is 874 g/mol. The van der Waals surface area contributed by atoms with Gasteiger partial charge in [0.05, 0.1) is 12.2 Å². The molecule has 0 radical (unpaired) electrons. The van der Waals surface area contributed by atoms with E-state index in [2.05, 4.69) is 89.6 Å². The Balaban J connectivity index is 0.000000208. The number of amides is 1. The second-order valence-corrected chi connectivity index (χ2v) is 21.8. The first-order chi connectivity index (χ1) is 29.3. The molecule has 358 valence electrons. The second-order valence-electron chi connectivity index (χ2n) is 21.8. The van der Waals surface area contributed by atoms with E-state index in [1.807, 2.05) is 14.1 Å². The highest BCUT2D eigenvalue weighted by Gasteiger charge is 2.37. The molecule has 0 atom stereocenters. The fraction of sp³-hybridized carbons (Fsp3) is 0.900. The van der Waals surface area contributed by atoms with Crippen molar-refractivity contribution < 1.29 is 28.9 Å². The number of carbonyl (C=O) groups is 1. The molecule has 0 aliphatic heterocycles. The van der Waals surface area contributed by atoms with E-state index >= 15 is 0 Å². The molecular formula is C50H91N5O7. The fourth-order valence-corrected chi connectivity index (χ4v) is 10.1. The van der Waals surface area contributed by atoms with Crippen molar-refractivity contribution in [2.75, 3.05) is 27.3 Å². The van der Waals surface area contributed by atoms with E-state index in [1.165, 1.54) is 57.8 Å². The Bertz CT molecular complexity index is 1520. The Labute approximate surface area is 375 Å². The first-order valence-corrected chi connectivity index (χ1v) is 24.7.